The summed E-state index contributed by atoms with van der Waals surface area (Å²) in [5.74, 6) is 0. The first kappa shape index (κ1) is 11.4. The van der Waals surface area contributed by atoms with Crippen LogP contribution in [0, 0.1) is 0 Å². The van der Waals surface area contributed by atoms with Gasteiger partial charge in [-0.1, -0.05) is 0 Å². The molecule has 88 valence electrons. The van der Waals surface area contributed by atoms with Gasteiger partial charge in [-0.15, -0.1) is 0 Å². The Kier molecular flexibility index (Phi) is 3.33. The molecule has 2 aliphatic heterocycles. The molecule has 0 aromatic heterocycles. The van der Waals surface area contributed by atoms with Crippen LogP contribution in [0.1, 0.15) is 33.1 Å². The van der Waals surface area contributed by atoms with Gasteiger partial charge in [0.15, 0.2) is 0 Å². The maximum Gasteiger partial charge on any atom is 0.0703 e. The number of nitrogens with one attached hydrogen (secondary N) is 1. The van der Waals surface area contributed by atoms with Gasteiger partial charge in [0.2, 0.25) is 0 Å². The molecule has 2 saturated heterocycles. The van der Waals surface area contributed by atoms with Crippen LogP contribution in [0.15, 0.2) is 0 Å². The van der Waals surface area contributed by atoms with Crippen LogP contribution in [0.4, 0.5) is 0 Å². The van der Waals surface area contributed by atoms with Gasteiger partial charge in [0.1, 0.15) is 0 Å². The first-order valence-electron chi connectivity index (χ1n) is 6.16. The molecule has 0 spiro atoms. The predicted molar refractivity (Wildman–Crippen MR) is 62.1 cm³/mol. The molecule has 2 heterocycles. The zero-order valence-electron chi connectivity index (χ0n) is 10.3. The highest BCUT2D eigenvalue weighted by atomic mass is 16.5. The quantitative estimate of drug-likeness (QED) is 0.762. The number of ether oxygens (including phenoxy) is 1. The van der Waals surface area contributed by atoms with Crippen LogP contribution in [0.5, 0.6) is 0 Å². The molecule has 0 radical (unpaired) electrons. The lowest BCUT2D eigenvalue weighted by Crippen LogP contribution is -2.42. The Morgan fingerprint density at radius 2 is 2.27 bits per heavy atom. The van der Waals surface area contributed by atoms with Crippen molar-refractivity contribution in [3.63, 3.8) is 0 Å². The van der Waals surface area contributed by atoms with Crippen molar-refractivity contribution in [2.45, 2.75) is 50.8 Å². The van der Waals surface area contributed by atoms with Gasteiger partial charge in [0.25, 0.3) is 0 Å². The molecule has 0 aromatic rings. The SMILES string of the molecule is CNC1CN(CC2CCCO2)C(C)(C)C1. The van der Waals surface area contributed by atoms with E-state index in [1.165, 1.54) is 25.8 Å². The molecule has 1 N–H and O–H groups in total. The van der Waals surface area contributed by atoms with Gasteiger partial charge in [-0.3, -0.25) is 4.90 Å². The second-order valence-electron chi connectivity index (χ2n) is 5.54. The molecule has 0 amide bonds. The van der Waals surface area contributed by atoms with Crippen molar-refractivity contribution in [1.29, 1.82) is 0 Å². The Hall–Kier alpha value is -0.120. The van der Waals surface area contributed by atoms with Crippen LogP contribution in [-0.4, -0.2) is 49.3 Å². The van der Waals surface area contributed by atoms with Gasteiger partial charge in [-0.05, 0) is 40.2 Å². The minimum atomic E-state index is 0.333. The van der Waals surface area contributed by atoms with E-state index in [1.54, 1.807) is 0 Å². The van der Waals surface area contributed by atoms with E-state index in [4.69, 9.17) is 4.74 Å². The summed E-state index contributed by atoms with van der Waals surface area (Å²) in [7, 11) is 2.07. The third-order valence-corrected chi connectivity index (χ3v) is 3.90. The number of hydrogen-bond acceptors (Lipinski definition) is 3. The zero-order chi connectivity index (χ0) is 10.9. The molecule has 0 aromatic carbocycles. The zero-order valence-corrected chi connectivity index (χ0v) is 10.3. The summed E-state index contributed by atoms with van der Waals surface area (Å²) in [6.45, 7) is 7.95. The molecule has 2 atom stereocenters. The molecule has 3 nitrogen and oxygen atoms in total. The maximum absolute atomic E-state index is 5.72. The van der Waals surface area contributed by atoms with Crippen LogP contribution in [0.2, 0.25) is 0 Å². The Morgan fingerprint density at radius 3 is 2.80 bits per heavy atom. The third-order valence-electron chi connectivity index (χ3n) is 3.90. The molecular formula is C12H24N2O. The van der Waals surface area contributed by atoms with Gasteiger partial charge < -0.3 is 10.1 Å². The van der Waals surface area contributed by atoms with E-state index in [-0.39, 0.29) is 0 Å². The van der Waals surface area contributed by atoms with Crippen LogP contribution < -0.4 is 5.32 Å². The fraction of sp³-hybridized carbons (Fsp3) is 1.00. The molecule has 3 heteroatoms. The summed E-state index contributed by atoms with van der Waals surface area (Å²) in [4.78, 5) is 2.59. The topological polar surface area (TPSA) is 24.5 Å². The lowest BCUT2D eigenvalue weighted by molar-refractivity contribution is 0.0510. The maximum atomic E-state index is 5.72. The predicted octanol–water partition coefficient (Wildman–Crippen LogP) is 1.24. The Labute approximate surface area is 93.2 Å². The average Bonchev–Trinajstić information content (AvgIpc) is 2.76. The van der Waals surface area contributed by atoms with Crippen molar-refractivity contribution in [2.24, 2.45) is 0 Å². The van der Waals surface area contributed by atoms with E-state index in [2.05, 4.69) is 31.1 Å². The van der Waals surface area contributed by atoms with Crippen molar-refractivity contribution >= 4 is 0 Å². The van der Waals surface area contributed by atoms with E-state index in [1.807, 2.05) is 0 Å². The highest BCUT2D eigenvalue weighted by Crippen LogP contribution is 2.29. The van der Waals surface area contributed by atoms with E-state index < -0.39 is 0 Å². The standard InChI is InChI=1S/C12H24N2O/c1-12(2)7-10(13-3)8-14(12)9-11-5-4-6-15-11/h10-11,13H,4-9H2,1-3H3. The number of hydrogen-bond donors (Lipinski definition) is 1. The van der Waals surface area contributed by atoms with Crippen LogP contribution in [0.3, 0.4) is 0 Å². The second-order valence-corrected chi connectivity index (χ2v) is 5.54. The molecule has 2 aliphatic rings. The molecule has 2 unspecified atom stereocenters. The van der Waals surface area contributed by atoms with Gasteiger partial charge >= 0.3 is 0 Å². The Bertz CT molecular complexity index is 212. The van der Waals surface area contributed by atoms with Crippen molar-refractivity contribution in [3.05, 3.63) is 0 Å². The van der Waals surface area contributed by atoms with Gasteiger partial charge in [-0.2, -0.15) is 0 Å². The number of nitrogens with zero attached hydrogens (tertiary/aromatic N) is 1. The van der Waals surface area contributed by atoms with Crippen LogP contribution in [-0.2, 0) is 4.74 Å². The molecular weight excluding hydrogens is 188 g/mol. The minimum absolute atomic E-state index is 0.333. The summed E-state index contributed by atoms with van der Waals surface area (Å²) in [5, 5.41) is 3.39. The summed E-state index contributed by atoms with van der Waals surface area (Å²) in [5.41, 5.74) is 0.333. The highest BCUT2D eigenvalue weighted by molar-refractivity contribution is 4.96. The Balaban J connectivity index is 1.90. The molecule has 2 rings (SSSR count). The van der Waals surface area contributed by atoms with Gasteiger partial charge in [0.05, 0.1) is 6.10 Å². The Morgan fingerprint density at radius 1 is 1.47 bits per heavy atom. The summed E-state index contributed by atoms with van der Waals surface area (Å²) in [6.07, 6.45) is 4.22. The summed E-state index contributed by atoms with van der Waals surface area (Å²) in [6, 6.07) is 0.654. The number of likely N-dealkylation sites (tertiary alicyclic amines) is 1. The number of rotatable bonds is 3. The lowest BCUT2D eigenvalue weighted by Gasteiger charge is -2.32. The summed E-state index contributed by atoms with van der Waals surface area (Å²) < 4.78 is 5.72. The fourth-order valence-electron chi connectivity index (χ4n) is 2.86. The fourth-order valence-corrected chi connectivity index (χ4v) is 2.86. The average molecular weight is 212 g/mol. The van der Waals surface area contributed by atoms with E-state index >= 15 is 0 Å². The first-order valence-corrected chi connectivity index (χ1v) is 6.16. The third kappa shape index (κ3) is 2.52. The van der Waals surface area contributed by atoms with Crippen molar-refractivity contribution in [3.8, 4) is 0 Å². The lowest BCUT2D eigenvalue weighted by atomic mass is 10.00. The molecule has 15 heavy (non-hydrogen) atoms. The van der Waals surface area contributed by atoms with E-state index in [9.17, 15) is 0 Å². The van der Waals surface area contributed by atoms with E-state index in [0.717, 1.165) is 13.2 Å². The highest BCUT2D eigenvalue weighted by Gasteiger charge is 2.38. The second kappa shape index (κ2) is 4.40. The van der Waals surface area contributed by atoms with Crippen LogP contribution in [0.25, 0.3) is 0 Å². The molecule has 0 saturated carbocycles. The first-order chi connectivity index (χ1) is 7.12. The smallest absolute Gasteiger partial charge is 0.0703 e. The summed E-state index contributed by atoms with van der Waals surface area (Å²) >= 11 is 0. The largest absolute Gasteiger partial charge is 0.377 e. The molecule has 0 aliphatic carbocycles. The minimum Gasteiger partial charge on any atom is -0.377 e. The number of likely N-dealkylation sites (N-methyl/N-ethyl adjacent to an activating group) is 1. The van der Waals surface area contributed by atoms with Crippen molar-refractivity contribution in [2.75, 3.05) is 26.7 Å². The van der Waals surface area contributed by atoms with Crippen molar-refractivity contribution in [1.82, 2.24) is 10.2 Å². The monoisotopic (exact) mass is 212 g/mol. The van der Waals surface area contributed by atoms with Crippen molar-refractivity contribution < 1.29 is 4.74 Å². The molecule has 2 fully saturated rings. The van der Waals surface area contributed by atoms with Gasteiger partial charge in [0, 0.05) is 31.3 Å². The van der Waals surface area contributed by atoms with Gasteiger partial charge in [-0.25, -0.2) is 0 Å². The van der Waals surface area contributed by atoms with Crippen LogP contribution >= 0.6 is 0 Å². The van der Waals surface area contributed by atoms with E-state index in [0.29, 0.717) is 17.7 Å². The normalized spacial score (nSPS) is 36.2. The molecule has 0 bridgehead atoms.